The molecule has 0 fully saturated rings. The van der Waals surface area contributed by atoms with Gasteiger partial charge < -0.3 is 13.9 Å². The molecule has 9 aromatic carbocycles. The minimum absolute atomic E-state index is 0.597. The van der Waals surface area contributed by atoms with Gasteiger partial charge in [-0.15, -0.1) is 0 Å². The van der Waals surface area contributed by atoms with Crippen LogP contribution in [0.25, 0.3) is 82.7 Å². The first kappa shape index (κ1) is 31.1. The third-order valence-corrected chi connectivity index (χ3v) is 10.8. The van der Waals surface area contributed by atoms with E-state index in [4.69, 9.17) is 9.40 Å². The SMILES string of the molecule is c1ccc(-c2nc3cccc(N(c4ccc(-c5cccc6ccccc56)cc4)c4cccc5c4c4cc6ccccc6cc4n5-c4ccccc4)c3o2)cc1. The van der Waals surface area contributed by atoms with Crippen LogP contribution in [-0.2, 0) is 0 Å². The Morgan fingerprint density at radius 2 is 1.11 bits per heavy atom. The van der Waals surface area contributed by atoms with Gasteiger partial charge >= 0.3 is 0 Å². The average molecular weight is 704 g/mol. The molecule has 0 N–H and O–H groups in total. The zero-order valence-corrected chi connectivity index (χ0v) is 29.8. The molecule has 0 amide bonds. The van der Waals surface area contributed by atoms with Crippen LogP contribution < -0.4 is 4.90 Å². The summed E-state index contributed by atoms with van der Waals surface area (Å²) in [6.45, 7) is 0. The van der Waals surface area contributed by atoms with Crippen molar-refractivity contribution in [1.29, 1.82) is 0 Å². The van der Waals surface area contributed by atoms with E-state index in [0.29, 0.717) is 5.89 Å². The number of anilines is 3. The minimum Gasteiger partial charge on any atom is -0.434 e. The molecule has 0 radical (unpaired) electrons. The van der Waals surface area contributed by atoms with E-state index in [2.05, 4.69) is 173 Å². The first-order valence-corrected chi connectivity index (χ1v) is 18.6. The van der Waals surface area contributed by atoms with Crippen molar-refractivity contribution in [3.63, 3.8) is 0 Å². The first-order chi connectivity index (χ1) is 27.3. The van der Waals surface area contributed by atoms with Crippen molar-refractivity contribution in [1.82, 2.24) is 9.55 Å². The molecular formula is C51H33N3O. The molecule has 0 atom stereocenters. The van der Waals surface area contributed by atoms with E-state index in [1.54, 1.807) is 0 Å². The topological polar surface area (TPSA) is 34.2 Å². The summed E-state index contributed by atoms with van der Waals surface area (Å²) in [7, 11) is 0. The minimum atomic E-state index is 0.597. The van der Waals surface area contributed by atoms with E-state index in [0.717, 1.165) is 61.4 Å². The summed E-state index contributed by atoms with van der Waals surface area (Å²) in [5.41, 5.74) is 11.2. The Kier molecular flexibility index (Phi) is 7.14. The molecule has 2 heterocycles. The molecule has 55 heavy (non-hydrogen) atoms. The summed E-state index contributed by atoms with van der Waals surface area (Å²) in [4.78, 5) is 7.34. The molecule has 11 aromatic rings. The quantitative estimate of drug-likeness (QED) is 0.173. The van der Waals surface area contributed by atoms with Gasteiger partial charge in [-0.05, 0) is 105 Å². The van der Waals surface area contributed by atoms with Crippen LogP contribution in [0.4, 0.5) is 17.1 Å². The Hall–Kier alpha value is -7.43. The summed E-state index contributed by atoms with van der Waals surface area (Å²) in [6.07, 6.45) is 0. The highest BCUT2D eigenvalue weighted by molar-refractivity contribution is 6.19. The van der Waals surface area contributed by atoms with E-state index >= 15 is 0 Å². The number of fused-ring (bicyclic) bond motifs is 6. The van der Waals surface area contributed by atoms with Crippen LogP contribution in [0.15, 0.2) is 205 Å². The van der Waals surface area contributed by atoms with Crippen LogP contribution in [0.2, 0.25) is 0 Å². The van der Waals surface area contributed by atoms with E-state index in [-0.39, 0.29) is 0 Å². The van der Waals surface area contributed by atoms with Gasteiger partial charge in [0, 0.05) is 27.7 Å². The Bertz CT molecular complexity index is 3190. The largest absolute Gasteiger partial charge is 0.434 e. The average Bonchev–Trinajstić information content (AvgIpc) is 3.84. The zero-order chi connectivity index (χ0) is 36.3. The lowest BCUT2D eigenvalue weighted by Gasteiger charge is -2.26. The van der Waals surface area contributed by atoms with Crippen molar-refractivity contribution >= 4 is 71.5 Å². The molecule has 0 aliphatic heterocycles. The van der Waals surface area contributed by atoms with Gasteiger partial charge in [-0.1, -0.05) is 127 Å². The number of hydrogen-bond donors (Lipinski definition) is 0. The molecule has 0 unspecified atom stereocenters. The van der Waals surface area contributed by atoms with Crippen molar-refractivity contribution in [2.24, 2.45) is 0 Å². The fourth-order valence-corrected chi connectivity index (χ4v) is 8.27. The van der Waals surface area contributed by atoms with Crippen LogP contribution in [0.5, 0.6) is 0 Å². The molecule has 0 saturated carbocycles. The number of hydrogen-bond acceptors (Lipinski definition) is 3. The predicted octanol–water partition coefficient (Wildman–Crippen LogP) is 14.0. The molecule has 0 aliphatic carbocycles. The molecule has 258 valence electrons. The van der Waals surface area contributed by atoms with Gasteiger partial charge in [0.1, 0.15) is 5.52 Å². The van der Waals surface area contributed by atoms with Gasteiger partial charge in [0.25, 0.3) is 0 Å². The lowest BCUT2D eigenvalue weighted by Crippen LogP contribution is -2.10. The van der Waals surface area contributed by atoms with E-state index in [9.17, 15) is 0 Å². The monoisotopic (exact) mass is 703 g/mol. The molecular weight excluding hydrogens is 671 g/mol. The fourth-order valence-electron chi connectivity index (χ4n) is 8.27. The molecule has 0 spiro atoms. The fraction of sp³-hybridized carbons (Fsp3) is 0. The van der Waals surface area contributed by atoms with Gasteiger partial charge in [-0.2, -0.15) is 0 Å². The van der Waals surface area contributed by atoms with Crippen molar-refractivity contribution < 1.29 is 4.42 Å². The maximum Gasteiger partial charge on any atom is 0.227 e. The second-order valence-electron chi connectivity index (χ2n) is 14.0. The molecule has 4 heteroatoms. The van der Waals surface area contributed by atoms with Gasteiger partial charge in [-0.3, -0.25) is 0 Å². The molecule has 0 aliphatic rings. The number of nitrogens with zero attached hydrogens (tertiary/aromatic N) is 3. The van der Waals surface area contributed by atoms with Crippen molar-refractivity contribution in [2.45, 2.75) is 0 Å². The van der Waals surface area contributed by atoms with Crippen molar-refractivity contribution in [3.8, 4) is 28.3 Å². The summed E-state index contributed by atoms with van der Waals surface area (Å²) in [5, 5.41) is 7.21. The smallest absolute Gasteiger partial charge is 0.227 e. The zero-order valence-electron chi connectivity index (χ0n) is 29.8. The highest BCUT2D eigenvalue weighted by atomic mass is 16.3. The van der Waals surface area contributed by atoms with Crippen LogP contribution in [0.1, 0.15) is 0 Å². The molecule has 0 bridgehead atoms. The summed E-state index contributed by atoms with van der Waals surface area (Å²) in [5.74, 6) is 0.597. The Morgan fingerprint density at radius 3 is 1.93 bits per heavy atom. The third kappa shape index (κ3) is 5.11. The standard InChI is InChI=1S/C51H33N3O/c1-3-15-36(16-4-1)51-52-44-24-12-27-47(50(44)55-51)53(40-30-28-35(29-31-40)42-23-11-19-34-14-9-10-22-41(34)42)45-25-13-26-46-49(45)43-32-37-17-7-8-18-38(37)33-48(43)54(46)39-20-5-2-6-21-39/h1-33H. The number of aromatic nitrogens is 2. The van der Waals surface area contributed by atoms with Crippen LogP contribution in [-0.4, -0.2) is 9.55 Å². The van der Waals surface area contributed by atoms with Crippen LogP contribution in [0, 0.1) is 0 Å². The van der Waals surface area contributed by atoms with Gasteiger partial charge in [0.05, 0.1) is 22.4 Å². The van der Waals surface area contributed by atoms with E-state index in [1.807, 2.05) is 36.4 Å². The lowest BCUT2D eigenvalue weighted by atomic mass is 9.98. The number of oxazole rings is 1. The number of rotatable bonds is 6. The highest BCUT2D eigenvalue weighted by Crippen LogP contribution is 2.47. The Labute approximate surface area is 317 Å². The second kappa shape index (κ2) is 12.6. The van der Waals surface area contributed by atoms with Gasteiger partial charge in [-0.25, -0.2) is 4.98 Å². The molecule has 2 aromatic heterocycles. The summed E-state index contributed by atoms with van der Waals surface area (Å²) >= 11 is 0. The maximum absolute atomic E-state index is 6.72. The predicted molar refractivity (Wildman–Crippen MR) is 229 cm³/mol. The van der Waals surface area contributed by atoms with Gasteiger partial charge in [0.2, 0.25) is 5.89 Å². The van der Waals surface area contributed by atoms with Crippen LogP contribution >= 0.6 is 0 Å². The molecule has 0 saturated heterocycles. The van der Waals surface area contributed by atoms with E-state index < -0.39 is 0 Å². The first-order valence-electron chi connectivity index (χ1n) is 18.6. The normalized spacial score (nSPS) is 11.6. The second-order valence-corrected chi connectivity index (χ2v) is 14.0. The number of benzene rings is 9. The lowest BCUT2D eigenvalue weighted by molar-refractivity contribution is 0.620. The Balaban J connectivity index is 1.20. The highest BCUT2D eigenvalue weighted by Gasteiger charge is 2.24. The molecule has 4 nitrogen and oxygen atoms in total. The summed E-state index contributed by atoms with van der Waals surface area (Å²) < 4.78 is 9.12. The molecule has 11 rings (SSSR count). The Morgan fingerprint density at radius 1 is 0.455 bits per heavy atom. The number of para-hydroxylation sites is 2. The maximum atomic E-state index is 6.72. The van der Waals surface area contributed by atoms with E-state index in [1.165, 1.54) is 32.5 Å². The van der Waals surface area contributed by atoms with Gasteiger partial charge in [0.15, 0.2) is 5.58 Å². The third-order valence-electron chi connectivity index (χ3n) is 10.8. The van der Waals surface area contributed by atoms with Crippen LogP contribution in [0.3, 0.4) is 0 Å². The summed E-state index contributed by atoms with van der Waals surface area (Å²) in [6, 6.07) is 71.0. The van der Waals surface area contributed by atoms with Crippen molar-refractivity contribution in [3.05, 3.63) is 200 Å². The van der Waals surface area contributed by atoms with Crippen molar-refractivity contribution in [2.75, 3.05) is 4.90 Å².